The second-order valence-corrected chi connectivity index (χ2v) is 9.43. The topological polar surface area (TPSA) is 64.0 Å². The number of hydrogen-bond acceptors (Lipinski definition) is 4. The second kappa shape index (κ2) is 7.41. The van der Waals surface area contributed by atoms with Crippen molar-refractivity contribution in [3.63, 3.8) is 0 Å². The van der Waals surface area contributed by atoms with E-state index in [9.17, 15) is 9.59 Å². The second-order valence-electron chi connectivity index (χ2n) is 8.35. The summed E-state index contributed by atoms with van der Waals surface area (Å²) in [5.74, 6) is 1.02. The monoisotopic (exact) mass is 409 g/mol. The Balaban J connectivity index is 1.74. The molecule has 0 radical (unpaired) electrons. The molecule has 1 N–H and O–H groups in total. The zero-order valence-electron chi connectivity index (χ0n) is 17.6. The molecule has 2 unspecified atom stereocenters. The highest BCUT2D eigenvalue weighted by atomic mass is 32.1. The highest BCUT2D eigenvalue weighted by molar-refractivity contribution is 7.18. The van der Waals surface area contributed by atoms with Crippen molar-refractivity contribution < 1.29 is 4.79 Å². The van der Waals surface area contributed by atoms with Crippen molar-refractivity contribution in [3.05, 3.63) is 55.9 Å². The fourth-order valence-corrected chi connectivity index (χ4v) is 5.60. The normalized spacial score (nSPS) is 17.2. The molecule has 0 saturated heterocycles. The molecule has 1 aliphatic carbocycles. The molecule has 152 valence electrons. The molecule has 1 aliphatic rings. The standard InChI is InChI=1S/C23H27N3O2S/c1-12-6-8-14(3)18(10-12)25-21(27)15(4)26-16(5)24-22-20(23(26)28)17-9-7-13(2)11-19(17)29-22/h6,8,10,13,15H,7,9,11H2,1-5H3,(H,25,27). The zero-order chi connectivity index (χ0) is 20.9. The molecule has 2 aromatic heterocycles. The first kappa shape index (κ1) is 19.8. The number of thiophene rings is 1. The summed E-state index contributed by atoms with van der Waals surface area (Å²) in [7, 11) is 0. The number of anilines is 1. The molecule has 1 amide bonds. The van der Waals surface area contributed by atoms with Crippen LogP contribution in [0, 0.1) is 26.7 Å². The van der Waals surface area contributed by atoms with Crippen LogP contribution in [0.15, 0.2) is 23.0 Å². The molecule has 6 heteroatoms. The van der Waals surface area contributed by atoms with Crippen molar-refractivity contribution in [1.29, 1.82) is 0 Å². The van der Waals surface area contributed by atoms with Gasteiger partial charge in [0.2, 0.25) is 5.91 Å². The largest absolute Gasteiger partial charge is 0.324 e. The van der Waals surface area contributed by atoms with Crippen LogP contribution in [0.1, 0.15) is 53.7 Å². The van der Waals surface area contributed by atoms with Crippen molar-refractivity contribution in [1.82, 2.24) is 9.55 Å². The first-order valence-electron chi connectivity index (χ1n) is 10.2. The fraction of sp³-hybridized carbons (Fsp3) is 0.435. The molecule has 2 atom stereocenters. The van der Waals surface area contributed by atoms with Crippen molar-refractivity contribution in [3.8, 4) is 0 Å². The average Bonchev–Trinajstić information content (AvgIpc) is 3.01. The summed E-state index contributed by atoms with van der Waals surface area (Å²) in [5, 5.41) is 3.71. The van der Waals surface area contributed by atoms with Crippen LogP contribution < -0.4 is 10.9 Å². The Labute approximate surface area is 174 Å². The smallest absolute Gasteiger partial charge is 0.263 e. The summed E-state index contributed by atoms with van der Waals surface area (Å²) in [6, 6.07) is 5.31. The lowest BCUT2D eigenvalue weighted by molar-refractivity contribution is -0.118. The third-order valence-electron chi connectivity index (χ3n) is 5.96. The van der Waals surface area contributed by atoms with Crippen LogP contribution in [0.2, 0.25) is 0 Å². The van der Waals surface area contributed by atoms with Gasteiger partial charge in [0.1, 0.15) is 16.7 Å². The lowest BCUT2D eigenvalue weighted by atomic mass is 9.89. The number of carbonyl (C=O) groups excluding carboxylic acids is 1. The SMILES string of the molecule is Cc1ccc(C)c(NC(=O)C(C)n2c(C)nc3sc4c(c3c2=O)CCC(C)C4)c1. The molecule has 0 spiro atoms. The van der Waals surface area contributed by atoms with Crippen molar-refractivity contribution >= 4 is 33.1 Å². The number of hydrogen-bond donors (Lipinski definition) is 1. The van der Waals surface area contributed by atoms with Crippen LogP contribution >= 0.6 is 11.3 Å². The Kier molecular flexibility index (Phi) is 5.07. The Morgan fingerprint density at radius 1 is 1.31 bits per heavy atom. The molecular formula is C23H27N3O2S. The molecule has 4 rings (SSSR count). The average molecular weight is 410 g/mol. The lowest BCUT2D eigenvalue weighted by Gasteiger charge is -2.19. The zero-order valence-corrected chi connectivity index (χ0v) is 18.4. The maximum atomic E-state index is 13.4. The molecule has 1 aromatic carbocycles. The Morgan fingerprint density at radius 2 is 2.07 bits per heavy atom. The Morgan fingerprint density at radius 3 is 2.83 bits per heavy atom. The molecule has 3 aromatic rings. The van der Waals surface area contributed by atoms with Gasteiger partial charge in [0.25, 0.3) is 5.56 Å². The minimum atomic E-state index is -0.641. The summed E-state index contributed by atoms with van der Waals surface area (Å²) in [6.07, 6.45) is 3.02. The summed E-state index contributed by atoms with van der Waals surface area (Å²) >= 11 is 1.64. The molecular weight excluding hydrogens is 382 g/mol. The lowest BCUT2D eigenvalue weighted by Crippen LogP contribution is -2.34. The van der Waals surface area contributed by atoms with E-state index < -0.39 is 6.04 Å². The van der Waals surface area contributed by atoms with Crippen LogP contribution in [-0.2, 0) is 17.6 Å². The van der Waals surface area contributed by atoms with Gasteiger partial charge in [-0.2, -0.15) is 0 Å². The van der Waals surface area contributed by atoms with E-state index >= 15 is 0 Å². The van der Waals surface area contributed by atoms with E-state index in [1.54, 1.807) is 22.8 Å². The Bertz CT molecular complexity index is 1180. The van der Waals surface area contributed by atoms with Gasteiger partial charge in [0.15, 0.2) is 0 Å². The number of aromatic nitrogens is 2. The molecule has 0 saturated carbocycles. The molecule has 2 heterocycles. The van der Waals surface area contributed by atoms with Crippen LogP contribution in [-0.4, -0.2) is 15.5 Å². The van der Waals surface area contributed by atoms with Crippen LogP contribution in [0.5, 0.6) is 0 Å². The van der Waals surface area contributed by atoms with Gasteiger partial charge in [0, 0.05) is 10.6 Å². The minimum Gasteiger partial charge on any atom is -0.324 e. The van der Waals surface area contributed by atoms with Gasteiger partial charge < -0.3 is 5.32 Å². The van der Waals surface area contributed by atoms with Gasteiger partial charge in [-0.05, 0) is 75.6 Å². The minimum absolute atomic E-state index is 0.0943. The predicted molar refractivity (Wildman–Crippen MR) is 119 cm³/mol. The molecule has 29 heavy (non-hydrogen) atoms. The first-order chi connectivity index (χ1) is 13.8. The van der Waals surface area contributed by atoms with E-state index in [1.807, 2.05) is 39.0 Å². The predicted octanol–water partition coefficient (Wildman–Crippen LogP) is 4.71. The fourth-order valence-electron chi connectivity index (χ4n) is 4.18. The van der Waals surface area contributed by atoms with E-state index in [0.717, 1.165) is 46.5 Å². The van der Waals surface area contributed by atoms with Crippen LogP contribution in [0.4, 0.5) is 5.69 Å². The van der Waals surface area contributed by atoms with E-state index in [1.165, 1.54) is 4.88 Å². The summed E-state index contributed by atoms with van der Waals surface area (Å²) in [6.45, 7) is 9.78. The van der Waals surface area contributed by atoms with Gasteiger partial charge in [-0.25, -0.2) is 4.98 Å². The van der Waals surface area contributed by atoms with Gasteiger partial charge >= 0.3 is 0 Å². The maximum absolute atomic E-state index is 13.4. The van der Waals surface area contributed by atoms with E-state index in [-0.39, 0.29) is 11.5 Å². The number of amides is 1. The number of benzene rings is 1. The molecule has 0 fully saturated rings. The Hall–Kier alpha value is -2.47. The summed E-state index contributed by atoms with van der Waals surface area (Å²) in [4.78, 5) is 33.2. The number of aryl methyl sites for hydroxylation is 4. The first-order valence-corrected chi connectivity index (χ1v) is 11.0. The highest BCUT2D eigenvalue weighted by Crippen LogP contribution is 2.36. The van der Waals surface area contributed by atoms with E-state index in [2.05, 4.69) is 12.2 Å². The van der Waals surface area contributed by atoms with Gasteiger partial charge in [-0.1, -0.05) is 19.1 Å². The third kappa shape index (κ3) is 3.50. The number of nitrogens with zero attached hydrogens (tertiary/aromatic N) is 2. The quantitative estimate of drug-likeness (QED) is 0.681. The molecule has 0 bridgehead atoms. The van der Waals surface area contributed by atoms with Gasteiger partial charge in [-0.3, -0.25) is 14.2 Å². The van der Waals surface area contributed by atoms with Crippen molar-refractivity contribution in [2.45, 2.75) is 59.9 Å². The van der Waals surface area contributed by atoms with Crippen LogP contribution in [0.25, 0.3) is 10.2 Å². The van der Waals surface area contributed by atoms with E-state index in [4.69, 9.17) is 4.98 Å². The summed E-state index contributed by atoms with van der Waals surface area (Å²) in [5.41, 5.74) is 3.91. The molecule has 0 aliphatic heterocycles. The van der Waals surface area contributed by atoms with E-state index in [0.29, 0.717) is 17.1 Å². The number of carbonyl (C=O) groups is 1. The highest BCUT2D eigenvalue weighted by Gasteiger charge is 2.26. The number of fused-ring (bicyclic) bond motifs is 3. The van der Waals surface area contributed by atoms with Gasteiger partial charge in [-0.15, -0.1) is 11.3 Å². The third-order valence-corrected chi connectivity index (χ3v) is 7.10. The molecule has 5 nitrogen and oxygen atoms in total. The van der Waals surface area contributed by atoms with Crippen molar-refractivity contribution in [2.75, 3.05) is 5.32 Å². The number of rotatable bonds is 3. The number of nitrogens with one attached hydrogen (secondary N) is 1. The van der Waals surface area contributed by atoms with Crippen molar-refractivity contribution in [2.24, 2.45) is 5.92 Å². The maximum Gasteiger partial charge on any atom is 0.263 e. The van der Waals surface area contributed by atoms with Crippen LogP contribution in [0.3, 0.4) is 0 Å². The van der Waals surface area contributed by atoms with Gasteiger partial charge in [0.05, 0.1) is 5.39 Å². The summed E-state index contributed by atoms with van der Waals surface area (Å²) < 4.78 is 1.55.